The van der Waals surface area contributed by atoms with Crippen molar-refractivity contribution >= 4 is 35.4 Å². The molecule has 0 unspecified atom stereocenters. The molecule has 0 aliphatic heterocycles. The second kappa shape index (κ2) is 6.71. The average Bonchev–Trinajstić information content (AvgIpc) is 3.12. The highest BCUT2D eigenvalue weighted by molar-refractivity contribution is 7.98. The van der Waals surface area contributed by atoms with Gasteiger partial charge in [-0.3, -0.25) is 0 Å². The van der Waals surface area contributed by atoms with E-state index in [1.54, 1.807) is 0 Å². The van der Waals surface area contributed by atoms with Crippen molar-refractivity contribution in [1.29, 1.82) is 0 Å². The van der Waals surface area contributed by atoms with Gasteiger partial charge in [-0.2, -0.15) is 9.97 Å². The molecule has 0 amide bonds. The predicted octanol–water partition coefficient (Wildman–Crippen LogP) is 1.67. The van der Waals surface area contributed by atoms with Gasteiger partial charge in [-0.15, -0.1) is 10.2 Å². The molecule has 0 radical (unpaired) electrons. The summed E-state index contributed by atoms with van der Waals surface area (Å²) in [6.07, 6.45) is 0. The van der Waals surface area contributed by atoms with Crippen LogP contribution in [-0.4, -0.2) is 30.4 Å². The molecule has 0 fully saturated rings. The van der Waals surface area contributed by atoms with Crippen LogP contribution in [-0.2, 0) is 11.5 Å². The van der Waals surface area contributed by atoms with Crippen LogP contribution in [0.4, 0.5) is 11.9 Å². The zero-order valence-electron chi connectivity index (χ0n) is 11.5. The first kappa shape index (κ1) is 14.7. The second-order valence-corrected chi connectivity index (χ2v) is 6.29. The number of benzene rings is 1. The summed E-state index contributed by atoms with van der Waals surface area (Å²) in [6.45, 7) is 0. The highest BCUT2D eigenvalue weighted by Crippen LogP contribution is 2.23. The minimum absolute atomic E-state index is 0.332. The molecule has 2 aromatic heterocycles. The maximum atomic E-state index is 5.50. The van der Waals surface area contributed by atoms with Crippen molar-refractivity contribution in [3.63, 3.8) is 0 Å². The molecule has 114 valence electrons. The summed E-state index contributed by atoms with van der Waals surface area (Å²) in [6, 6.07) is 8.32. The van der Waals surface area contributed by atoms with Crippen LogP contribution in [0, 0.1) is 0 Å². The molecule has 6 N–H and O–H groups in total. The summed E-state index contributed by atoms with van der Waals surface area (Å²) in [7, 11) is 0. The molecular weight excluding hydrogens is 320 g/mol. The van der Waals surface area contributed by atoms with Crippen LogP contribution in [0.2, 0.25) is 0 Å². The first-order chi connectivity index (χ1) is 10.7. The maximum Gasteiger partial charge on any atom is 0.216 e. The Morgan fingerprint density at radius 3 is 1.77 bits per heavy atom. The Kier molecular flexibility index (Phi) is 4.49. The van der Waals surface area contributed by atoms with Crippen molar-refractivity contribution in [2.75, 3.05) is 11.5 Å². The number of anilines is 2. The van der Waals surface area contributed by atoms with Gasteiger partial charge in [0, 0.05) is 11.5 Å². The molecule has 0 bridgehead atoms. The quantitative estimate of drug-likeness (QED) is 0.500. The van der Waals surface area contributed by atoms with Crippen LogP contribution in [0.5, 0.6) is 0 Å². The molecule has 8 nitrogen and oxygen atoms in total. The lowest BCUT2D eigenvalue weighted by Gasteiger charge is -2.03. The summed E-state index contributed by atoms with van der Waals surface area (Å²) in [5.41, 5.74) is 13.4. The highest BCUT2D eigenvalue weighted by Gasteiger charge is 2.05. The number of nitrogens with two attached hydrogens (primary N) is 2. The SMILES string of the molecule is Nc1nc(SCc2cccc(CSc3n[nH]c(N)n3)c2)n[nH]1. The molecule has 0 saturated heterocycles. The van der Waals surface area contributed by atoms with Gasteiger partial charge in [0.2, 0.25) is 22.2 Å². The Hall–Kier alpha value is -2.20. The number of aromatic nitrogens is 6. The van der Waals surface area contributed by atoms with Gasteiger partial charge in [0.25, 0.3) is 0 Å². The van der Waals surface area contributed by atoms with Crippen LogP contribution in [0.1, 0.15) is 11.1 Å². The summed E-state index contributed by atoms with van der Waals surface area (Å²) in [5.74, 6) is 2.23. The molecule has 10 heteroatoms. The third-order valence-electron chi connectivity index (χ3n) is 2.69. The molecular formula is C12H14N8S2. The molecule has 22 heavy (non-hydrogen) atoms. The molecule has 0 saturated carbocycles. The Balaban J connectivity index is 1.57. The fraction of sp³-hybridized carbons (Fsp3) is 0.167. The Morgan fingerprint density at radius 2 is 1.36 bits per heavy atom. The van der Waals surface area contributed by atoms with Gasteiger partial charge in [-0.05, 0) is 11.1 Å². The minimum atomic E-state index is 0.332. The van der Waals surface area contributed by atoms with Crippen molar-refractivity contribution in [2.45, 2.75) is 21.8 Å². The number of hydrogen-bond donors (Lipinski definition) is 4. The smallest absolute Gasteiger partial charge is 0.216 e. The lowest BCUT2D eigenvalue weighted by atomic mass is 10.2. The van der Waals surface area contributed by atoms with Crippen molar-refractivity contribution in [3.05, 3.63) is 35.4 Å². The third-order valence-corrected chi connectivity index (χ3v) is 4.53. The molecule has 0 aliphatic carbocycles. The summed E-state index contributed by atoms with van der Waals surface area (Å²) >= 11 is 3.07. The number of aromatic amines is 2. The lowest BCUT2D eigenvalue weighted by Crippen LogP contribution is -1.88. The van der Waals surface area contributed by atoms with E-state index in [0.717, 1.165) is 11.5 Å². The van der Waals surface area contributed by atoms with Crippen molar-refractivity contribution < 1.29 is 0 Å². The zero-order valence-corrected chi connectivity index (χ0v) is 13.1. The number of hydrogen-bond acceptors (Lipinski definition) is 8. The van der Waals surface area contributed by atoms with E-state index in [1.807, 2.05) is 6.07 Å². The zero-order chi connectivity index (χ0) is 15.4. The van der Waals surface area contributed by atoms with Crippen LogP contribution in [0.3, 0.4) is 0 Å². The third kappa shape index (κ3) is 3.92. The number of nitrogen functional groups attached to an aromatic ring is 2. The Labute approximate surface area is 134 Å². The van der Waals surface area contributed by atoms with Gasteiger partial charge < -0.3 is 11.5 Å². The fourth-order valence-corrected chi connectivity index (χ4v) is 3.25. The number of thioether (sulfide) groups is 2. The van der Waals surface area contributed by atoms with Gasteiger partial charge >= 0.3 is 0 Å². The minimum Gasteiger partial charge on any atom is -0.368 e. The topological polar surface area (TPSA) is 135 Å². The van der Waals surface area contributed by atoms with Crippen LogP contribution >= 0.6 is 23.5 Å². The molecule has 3 rings (SSSR count). The second-order valence-electron chi connectivity index (χ2n) is 4.40. The van der Waals surface area contributed by atoms with E-state index in [1.165, 1.54) is 34.7 Å². The van der Waals surface area contributed by atoms with Gasteiger partial charge in [0.15, 0.2) is 0 Å². The molecule has 0 spiro atoms. The van der Waals surface area contributed by atoms with Gasteiger partial charge in [0.05, 0.1) is 0 Å². The van der Waals surface area contributed by atoms with Crippen molar-refractivity contribution in [2.24, 2.45) is 0 Å². The molecule has 3 aromatic rings. The lowest BCUT2D eigenvalue weighted by molar-refractivity contribution is 0.972. The monoisotopic (exact) mass is 334 g/mol. The molecule has 0 atom stereocenters. The van der Waals surface area contributed by atoms with E-state index >= 15 is 0 Å². The number of rotatable bonds is 6. The fourth-order valence-electron chi connectivity index (χ4n) is 1.75. The highest BCUT2D eigenvalue weighted by atomic mass is 32.2. The van der Waals surface area contributed by atoms with Crippen LogP contribution in [0.25, 0.3) is 0 Å². The van der Waals surface area contributed by atoms with E-state index in [4.69, 9.17) is 11.5 Å². The van der Waals surface area contributed by atoms with Crippen molar-refractivity contribution in [3.8, 4) is 0 Å². The van der Waals surface area contributed by atoms with E-state index in [9.17, 15) is 0 Å². The first-order valence-corrected chi connectivity index (χ1v) is 8.35. The average molecular weight is 334 g/mol. The summed E-state index contributed by atoms with van der Waals surface area (Å²) in [5, 5.41) is 14.5. The number of nitrogens with one attached hydrogen (secondary N) is 2. The van der Waals surface area contributed by atoms with Gasteiger partial charge in [0.1, 0.15) is 0 Å². The summed E-state index contributed by atoms with van der Waals surface area (Å²) < 4.78 is 0. The van der Waals surface area contributed by atoms with E-state index in [-0.39, 0.29) is 0 Å². The maximum absolute atomic E-state index is 5.50. The predicted molar refractivity (Wildman–Crippen MR) is 87.2 cm³/mol. The Bertz CT molecular complexity index is 693. The normalized spacial score (nSPS) is 10.9. The van der Waals surface area contributed by atoms with Crippen LogP contribution in [0.15, 0.2) is 34.6 Å². The van der Waals surface area contributed by atoms with Gasteiger partial charge in [-0.25, -0.2) is 10.2 Å². The standard InChI is InChI=1S/C12H14N8S2/c13-9-15-11(19-17-9)21-5-7-2-1-3-8(4-7)6-22-12-16-10(14)18-20-12/h1-4H,5-6H2,(H3,13,15,17,19)(H3,14,16,18,20). The summed E-state index contributed by atoms with van der Waals surface area (Å²) in [4.78, 5) is 8.13. The van der Waals surface area contributed by atoms with E-state index in [0.29, 0.717) is 22.2 Å². The molecule has 2 heterocycles. The molecule has 0 aliphatic rings. The largest absolute Gasteiger partial charge is 0.368 e. The van der Waals surface area contributed by atoms with Crippen LogP contribution < -0.4 is 11.5 Å². The molecule has 1 aromatic carbocycles. The Morgan fingerprint density at radius 1 is 0.864 bits per heavy atom. The van der Waals surface area contributed by atoms with Crippen molar-refractivity contribution in [1.82, 2.24) is 30.4 Å². The first-order valence-electron chi connectivity index (χ1n) is 6.38. The number of nitrogens with zero attached hydrogens (tertiary/aromatic N) is 4. The van der Waals surface area contributed by atoms with Gasteiger partial charge in [-0.1, -0.05) is 47.8 Å². The van der Waals surface area contributed by atoms with E-state index < -0.39 is 0 Å². The number of H-pyrrole nitrogens is 2. The van der Waals surface area contributed by atoms with E-state index in [2.05, 4.69) is 48.6 Å².